The molecule has 0 spiro atoms. The molecule has 0 fully saturated rings. The Bertz CT molecular complexity index is 959. The molecule has 0 unspecified atom stereocenters. The topological polar surface area (TPSA) is 380 Å². The number of benzene rings is 3. The Morgan fingerprint density at radius 3 is 0.838 bits per heavy atom. The van der Waals surface area contributed by atoms with Gasteiger partial charge in [-0.2, -0.15) is 0 Å². The van der Waals surface area contributed by atoms with E-state index in [4.69, 9.17) is 0 Å². The molecule has 0 saturated heterocycles. The molecule has 0 heterocycles. The Hall–Kier alpha value is -3.93. The van der Waals surface area contributed by atoms with E-state index in [0.29, 0.717) is 0 Å². The summed E-state index contributed by atoms with van der Waals surface area (Å²) in [5.41, 5.74) is -0.642. The van der Waals surface area contributed by atoms with Crippen molar-refractivity contribution in [2.75, 3.05) is 4.90 Å². The SMILES string of the molecule is O.O.O.O.O.O=C([O-])c1ccccc1N(c1ccccc1C(=O)[O-])c1ccccc1C(=O)[O-].[Fe+3].[OH3+].[OH3+].[OH3+]. The van der Waals surface area contributed by atoms with Gasteiger partial charge in [-0.05, 0) is 18.2 Å². The first-order chi connectivity index (χ1) is 13.4. The number of hydrogen-bond donors (Lipinski definition) is 0. The average Bonchev–Trinajstić information content (AvgIpc) is 2.69. The molecular formula is C21H31FeNO14+3. The number of carbonyl (C=O) groups excluding carboxylic acids is 3. The fourth-order valence-electron chi connectivity index (χ4n) is 2.91. The number of carbonyl (C=O) groups is 3. The molecule has 0 amide bonds. The number of carboxylic acids is 3. The number of carboxylic acid groups (broad SMARTS) is 3. The smallest absolute Gasteiger partial charge is 0.545 e. The molecule has 3 aromatic carbocycles. The number of hydrogen-bond acceptors (Lipinski definition) is 7. The van der Waals surface area contributed by atoms with Gasteiger partial charge in [0.15, 0.2) is 0 Å². The van der Waals surface area contributed by atoms with E-state index in [1.54, 1.807) is 0 Å². The van der Waals surface area contributed by atoms with E-state index >= 15 is 0 Å². The number of para-hydroxylation sites is 3. The minimum absolute atomic E-state index is 0. The molecule has 3 aromatic rings. The van der Waals surface area contributed by atoms with E-state index in [0.717, 1.165) is 0 Å². The van der Waals surface area contributed by atoms with Crippen LogP contribution in [0.25, 0.3) is 0 Å². The second-order valence-electron chi connectivity index (χ2n) is 5.75. The second-order valence-corrected chi connectivity index (χ2v) is 5.75. The molecule has 0 aliphatic carbocycles. The van der Waals surface area contributed by atoms with Crippen LogP contribution in [0.4, 0.5) is 17.1 Å². The number of aromatic carboxylic acids is 3. The maximum absolute atomic E-state index is 11.6. The molecule has 3 rings (SSSR count). The molecule has 0 atom stereocenters. The number of anilines is 3. The fourth-order valence-corrected chi connectivity index (χ4v) is 2.91. The van der Waals surface area contributed by atoms with E-state index in [9.17, 15) is 29.7 Å². The normalized spacial score (nSPS) is 7.78. The molecule has 37 heavy (non-hydrogen) atoms. The van der Waals surface area contributed by atoms with Crippen molar-refractivity contribution >= 4 is 35.0 Å². The maximum atomic E-state index is 11.6. The Morgan fingerprint density at radius 1 is 0.459 bits per heavy atom. The maximum Gasteiger partial charge on any atom is 3.00 e. The van der Waals surface area contributed by atoms with Crippen molar-refractivity contribution in [3.05, 3.63) is 89.5 Å². The summed E-state index contributed by atoms with van der Waals surface area (Å²) in [6.45, 7) is 0. The third-order valence-corrected chi connectivity index (χ3v) is 4.09. The minimum Gasteiger partial charge on any atom is -0.545 e. The van der Waals surface area contributed by atoms with Gasteiger partial charge in [0.1, 0.15) is 0 Å². The van der Waals surface area contributed by atoms with E-state index < -0.39 is 17.9 Å². The van der Waals surface area contributed by atoms with Crippen molar-refractivity contribution < 1.29 is 90.6 Å². The van der Waals surface area contributed by atoms with Gasteiger partial charge in [0.25, 0.3) is 0 Å². The average molecular weight is 577 g/mol. The van der Waals surface area contributed by atoms with Gasteiger partial charge in [0.05, 0.1) is 35.0 Å². The van der Waals surface area contributed by atoms with Gasteiger partial charge in [-0.15, -0.1) is 0 Å². The van der Waals surface area contributed by atoms with Crippen LogP contribution in [-0.2, 0) is 33.5 Å². The van der Waals surface area contributed by atoms with Crippen molar-refractivity contribution in [2.24, 2.45) is 0 Å². The molecule has 0 aliphatic heterocycles. The van der Waals surface area contributed by atoms with Gasteiger partial charge in [-0.3, -0.25) is 0 Å². The van der Waals surface area contributed by atoms with E-state index in [-0.39, 0.29) is 94.6 Å². The van der Waals surface area contributed by atoms with Crippen LogP contribution in [0.2, 0.25) is 0 Å². The van der Waals surface area contributed by atoms with Crippen LogP contribution < -0.4 is 20.2 Å². The zero-order chi connectivity index (χ0) is 20.3. The number of nitrogens with zero attached hydrogens (tertiary/aromatic N) is 1. The summed E-state index contributed by atoms with van der Waals surface area (Å²) in [4.78, 5) is 36.1. The van der Waals surface area contributed by atoms with Crippen LogP contribution in [0.1, 0.15) is 31.1 Å². The van der Waals surface area contributed by atoms with Gasteiger partial charge in [-0.1, -0.05) is 54.6 Å². The molecule has 0 saturated carbocycles. The van der Waals surface area contributed by atoms with Crippen molar-refractivity contribution in [1.29, 1.82) is 0 Å². The molecule has 0 aromatic heterocycles. The number of rotatable bonds is 6. The molecule has 16 heteroatoms. The van der Waals surface area contributed by atoms with Crippen molar-refractivity contribution in [1.82, 2.24) is 0 Å². The Labute approximate surface area is 220 Å². The van der Waals surface area contributed by atoms with Gasteiger partial charge < -0.3 is 78.4 Å². The van der Waals surface area contributed by atoms with Crippen molar-refractivity contribution in [2.45, 2.75) is 0 Å². The molecule has 1 radical (unpaired) electrons. The predicted octanol–water partition coefficient (Wildman–Crippen LogP) is -6.64. The Balaban J connectivity index is -0.000000200. The Morgan fingerprint density at radius 2 is 0.649 bits per heavy atom. The summed E-state index contributed by atoms with van der Waals surface area (Å²) >= 11 is 0. The van der Waals surface area contributed by atoms with Crippen LogP contribution in [-0.4, -0.2) is 45.3 Å². The summed E-state index contributed by atoms with van der Waals surface area (Å²) in [6, 6.07) is 17.1. The van der Waals surface area contributed by atoms with Gasteiger partial charge in [-0.25, -0.2) is 0 Å². The molecule has 0 aliphatic rings. The van der Waals surface area contributed by atoms with Crippen LogP contribution in [0.5, 0.6) is 0 Å². The van der Waals surface area contributed by atoms with E-state index in [2.05, 4.69) is 0 Å². The molecule has 15 nitrogen and oxygen atoms in total. The molecule has 0 bridgehead atoms. The summed E-state index contributed by atoms with van der Waals surface area (Å²) in [6.07, 6.45) is 0. The quantitative estimate of drug-likeness (QED) is 0.201. The largest absolute Gasteiger partial charge is 3.00 e. The zero-order valence-electron chi connectivity index (χ0n) is 18.9. The van der Waals surface area contributed by atoms with Gasteiger partial charge in [0, 0.05) is 16.7 Å². The summed E-state index contributed by atoms with van der Waals surface area (Å²) in [5, 5.41) is 34.9. The summed E-state index contributed by atoms with van der Waals surface area (Å²) in [5.74, 6) is -4.51. The summed E-state index contributed by atoms with van der Waals surface area (Å²) < 4.78 is 0. The van der Waals surface area contributed by atoms with E-state index in [1.807, 2.05) is 0 Å². The molecule has 19 N–H and O–H groups in total. The second kappa shape index (κ2) is 21.4. The van der Waals surface area contributed by atoms with Crippen LogP contribution >= 0.6 is 0 Å². The molecule has 209 valence electrons. The Kier molecular flexibility index (Phi) is 28.9. The van der Waals surface area contributed by atoms with Crippen LogP contribution in [0.15, 0.2) is 72.8 Å². The third kappa shape index (κ3) is 10.3. The monoisotopic (exact) mass is 577 g/mol. The van der Waals surface area contributed by atoms with Crippen LogP contribution in [0, 0.1) is 0 Å². The molecular weight excluding hydrogens is 546 g/mol. The first kappa shape index (κ1) is 50.0. The first-order valence-electron chi connectivity index (χ1n) is 8.13. The third-order valence-electron chi connectivity index (χ3n) is 4.09. The first-order valence-corrected chi connectivity index (χ1v) is 8.13. The minimum atomic E-state index is -1.50. The fraction of sp³-hybridized carbons (Fsp3) is 0. The van der Waals surface area contributed by atoms with Gasteiger partial charge in [0.2, 0.25) is 0 Å². The van der Waals surface area contributed by atoms with E-state index in [1.165, 1.54) is 77.7 Å². The van der Waals surface area contributed by atoms with Crippen LogP contribution in [0.3, 0.4) is 0 Å². The standard InChI is InChI=1S/C21H15NO6.Fe.8H2O/c23-19(24)13-7-1-4-10-16(13)22(17-11-5-2-8-14(17)20(25)26)18-12-6-3-9-15(18)21(27)28;;;;;;;;;/h1-12H,(H,23,24)(H,25,26)(H,27,28);;8*1H2/q;+3;;;;;;;;. The summed E-state index contributed by atoms with van der Waals surface area (Å²) in [7, 11) is 0. The van der Waals surface area contributed by atoms with Crippen molar-refractivity contribution in [3.63, 3.8) is 0 Å². The predicted molar refractivity (Wildman–Crippen MR) is 127 cm³/mol. The zero-order valence-corrected chi connectivity index (χ0v) is 20.0. The van der Waals surface area contributed by atoms with Crippen molar-refractivity contribution in [3.8, 4) is 0 Å². The van der Waals surface area contributed by atoms with Gasteiger partial charge >= 0.3 is 17.1 Å².